The Labute approximate surface area is 134 Å². The number of carbonyl (C=O) groups excluding carboxylic acids is 3. The largest absolute Gasteiger partial charge is 0.344 e. The van der Waals surface area contributed by atoms with E-state index in [2.05, 4.69) is 10.7 Å². The molecule has 0 unspecified atom stereocenters. The molecule has 0 radical (unpaired) electrons. The lowest BCUT2D eigenvalue weighted by atomic mass is 9.82. The molecule has 0 atom stereocenters. The maximum Gasteiger partial charge on any atom is 0.344 e. The van der Waals surface area contributed by atoms with Gasteiger partial charge in [0, 0.05) is 6.07 Å². The van der Waals surface area contributed by atoms with Crippen molar-refractivity contribution in [2.75, 3.05) is 0 Å². The van der Waals surface area contributed by atoms with Gasteiger partial charge in [-0.2, -0.15) is 5.01 Å². The average molecular weight is 338 g/mol. The lowest BCUT2D eigenvalue weighted by Crippen LogP contribution is -2.50. The van der Waals surface area contributed by atoms with E-state index < -0.39 is 28.3 Å². The Morgan fingerprint density at radius 1 is 1.30 bits per heavy atom. The van der Waals surface area contributed by atoms with Crippen LogP contribution < -0.4 is 10.7 Å². The predicted molar refractivity (Wildman–Crippen MR) is 79.6 cm³/mol. The molecule has 0 bridgehead atoms. The van der Waals surface area contributed by atoms with Crippen LogP contribution >= 0.6 is 11.3 Å². The van der Waals surface area contributed by atoms with Crippen molar-refractivity contribution in [2.45, 2.75) is 37.6 Å². The highest BCUT2D eigenvalue weighted by Gasteiger charge is 2.52. The molecule has 3 rings (SSSR count). The molecule has 1 aliphatic heterocycles. The summed E-state index contributed by atoms with van der Waals surface area (Å²) in [4.78, 5) is 46.7. The number of nitrogens with one attached hydrogen (secondary N) is 2. The molecule has 1 saturated carbocycles. The second kappa shape index (κ2) is 5.61. The third-order valence-electron chi connectivity index (χ3n) is 4.08. The van der Waals surface area contributed by atoms with Gasteiger partial charge in [-0.05, 0) is 18.9 Å². The number of nitrogens with zero attached hydrogens (tertiary/aromatic N) is 2. The summed E-state index contributed by atoms with van der Waals surface area (Å²) >= 11 is 0.681. The summed E-state index contributed by atoms with van der Waals surface area (Å²) in [5.41, 5.74) is 1.31. The molecule has 2 aliphatic rings. The van der Waals surface area contributed by atoms with Crippen LogP contribution in [0.4, 0.5) is 9.80 Å². The third kappa shape index (κ3) is 2.65. The summed E-state index contributed by atoms with van der Waals surface area (Å²) in [5.74, 6) is -1.19. The van der Waals surface area contributed by atoms with E-state index in [1.165, 1.54) is 12.1 Å². The number of amides is 4. The van der Waals surface area contributed by atoms with Crippen molar-refractivity contribution in [1.29, 1.82) is 0 Å². The highest BCUT2D eigenvalue weighted by molar-refractivity contribution is 7.17. The summed E-state index contributed by atoms with van der Waals surface area (Å²) < 4.78 is 0. The Morgan fingerprint density at radius 3 is 2.61 bits per heavy atom. The Kier molecular flexibility index (Phi) is 3.76. The molecule has 0 aromatic carbocycles. The molecule has 1 spiro atoms. The van der Waals surface area contributed by atoms with Gasteiger partial charge in [0.25, 0.3) is 11.8 Å². The molecule has 1 aromatic heterocycles. The van der Waals surface area contributed by atoms with E-state index in [0.29, 0.717) is 29.2 Å². The fraction of sp³-hybridized carbons (Fsp3) is 0.462. The Bertz CT molecular complexity index is 694. The third-order valence-corrected chi connectivity index (χ3v) is 5.11. The molecular formula is C13H14N4O5S. The van der Waals surface area contributed by atoms with Gasteiger partial charge in [-0.15, -0.1) is 0 Å². The second-order valence-electron chi connectivity index (χ2n) is 5.55. The van der Waals surface area contributed by atoms with Gasteiger partial charge in [0.2, 0.25) is 0 Å². The zero-order valence-corrected chi connectivity index (χ0v) is 12.9. The maximum absolute atomic E-state index is 12.5. The normalized spacial score (nSPS) is 19.7. The maximum atomic E-state index is 12.5. The van der Waals surface area contributed by atoms with Gasteiger partial charge in [-0.3, -0.25) is 25.1 Å². The van der Waals surface area contributed by atoms with Crippen molar-refractivity contribution in [2.24, 2.45) is 0 Å². The number of hydrogen-bond acceptors (Lipinski definition) is 6. The van der Waals surface area contributed by atoms with Gasteiger partial charge in [-0.25, -0.2) is 4.79 Å². The molecule has 2 fully saturated rings. The van der Waals surface area contributed by atoms with Crippen molar-refractivity contribution in [3.63, 3.8) is 0 Å². The van der Waals surface area contributed by atoms with Crippen molar-refractivity contribution >= 4 is 34.2 Å². The number of rotatable bonds is 3. The minimum Gasteiger partial charge on any atom is -0.322 e. The predicted octanol–water partition coefficient (Wildman–Crippen LogP) is 1.56. The molecule has 2 heterocycles. The Hall–Kier alpha value is -2.49. The van der Waals surface area contributed by atoms with E-state index in [1.807, 2.05) is 0 Å². The zero-order chi connectivity index (χ0) is 16.6. The smallest absolute Gasteiger partial charge is 0.322 e. The van der Waals surface area contributed by atoms with Crippen molar-refractivity contribution < 1.29 is 19.3 Å². The monoisotopic (exact) mass is 338 g/mol. The molecule has 10 heteroatoms. The van der Waals surface area contributed by atoms with E-state index in [4.69, 9.17) is 0 Å². The van der Waals surface area contributed by atoms with Crippen LogP contribution in [0.25, 0.3) is 0 Å². The van der Waals surface area contributed by atoms with Gasteiger partial charge in [0.1, 0.15) is 10.4 Å². The van der Waals surface area contributed by atoms with Crippen LogP contribution in [-0.4, -0.2) is 33.3 Å². The Balaban J connectivity index is 1.74. The Morgan fingerprint density at radius 2 is 2.00 bits per heavy atom. The number of imide groups is 1. The van der Waals surface area contributed by atoms with E-state index in [9.17, 15) is 24.5 Å². The number of thiophene rings is 1. The number of carbonyl (C=O) groups is 3. The lowest BCUT2D eigenvalue weighted by molar-refractivity contribution is -0.380. The average Bonchev–Trinajstić information content (AvgIpc) is 3.09. The molecule has 23 heavy (non-hydrogen) atoms. The summed E-state index contributed by atoms with van der Waals surface area (Å²) in [7, 11) is 0. The van der Waals surface area contributed by atoms with Crippen LogP contribution in [0.15, 0.2) is 12.1 Å². The zero-order valence-electron chi connectivity index (χ0n) is 12.0. The van der Waals surface area contributed by atoms with E-state index >= 15 is 0 Å². The highest BCUT2D eigenvalue weighted by Crippen LogP contribution is 2.33. The van der Waals surface area contributed by atoms with Crippen molar-refractivity contribution in [3.05, 3.63) is 27.1 Å². The van der Waals surface area contributed by atoms with Crippen LogP contribution in [0, 0.1) is 10.1 Å². The molecule has 2 N–H and O–H groups in total. The van der Waals surface area contributed by atoms with Gasteiger partial charge in [0.15, 0.2) is 0 Å². The molecule has 1 saturated heterocycles. The first-order chi connectivity index (χ1) is 10.9. The molecule has 1 aliphatic carbocycles. The van der Waals surface area contributed by atoms with Crippen LogP contribution in [0.1, 0.15) is 41.8 Å². The second-order valence-corrected chi connectivity index (χ2v) is 6.61. The molecular weight excluding hydrogens is 324 g/mol. The fourth-order valence-electron chi connectivity index (χ4n) is 2.92. The molecule has 1 aromatic rings. The van der Waals surface area contributed by atoms with Crippen molar-refractivity contribution in [3.8, 4) is 0 Å². The van der Waals surface area contributed by atoms with Gasteiger partial charge in [-0.1, -0.05) is 30.6 Å². The van der Waals surface area contributed by atoms with Gasteiger partial charge < -0.3 is 5.32 Å². The highest BCUT2D eigenvalue weighted by atomic mass is 32.1. The summed E-state index contributed by atoms with van der Waals surface area (Å²) in [5, 5.41) is 13.8. The van der Waals surface area contributed by atoms with Gasteiger partial charge >= 0.3 is 11.0 Å². The standard InChI is InChI=1S/C13H14N4O5S/c18-10(8-4-5-9(23-8)17(21)22)15-16-11(19)13(14-12(16)20)6-2-1-3-7-13/h4-5H,1-3,6-7H2,(H,14,20)(H,15,18). The first-order valence-electron chi connectivity index (χ1n) is 7.15. The quantitative estimate of drug-likeness (QED) is 0.492. The first-order valence-corrected chi connectivity index (χ1v) is 7.96. The molecule has 9 nitrogen and oxygen atoms in total. The number of urea groups is 1. The van der Waals surface area contributed by atoms with Crippen molar-refractivity contribution in [1.82, 2.24) is 15.8 Å². The minimum atomic E-state index is -0.927. The first kappa shape index (κ1) is 15.4. The summed E-state index contributed by atoms with van der Waals surface area (Å²) in [6.45, 7) is 0. The molecule has 4 amide bonds. The SMILES string of the molecule is O=C(NN1C(=O)NC2(CCCCC2)C1=O)c1ccc([N+](=O)[O-])s1. The van der Waals surface area contributed by atoms with E-state index in [1.54, 1.807) is 0 Å². The minimum absolute atomic E-state index is 0.0573. The van der Waals surface area contributed by atoms with Crippen LogP contribution in [0.2, 0.25) is 0 Å². The van der Waals surface area contributed by atoms with E-state index in [0.717, 1.165) is 19.3 Å². The van der Waals surface area contributed by atoms with Crippen LogP contribution in [0.5, 0.6) is 0 Å². The van der Waals surface area contributed by atoms with E-state index in [-0.39, 0.29) is 9.88 Å². The summed E-state index contributed by atoms with van der Waals surface area (Å²) in [6.07, 6.45) is 3.79. The fourth-order valence-corrected chi connectivity index (χ4v) is 3.63. The lowest BCUT2D eigenvalue weighted by Gasteiger charge is -2.30. The number of hydrogen-bond donors (Lipinski definition) is 2. The summed E-state index contributed by atoms with van der Waals surface area (Å²) in [6, 6.07) is 1.82. The number of hydrazine groups is 1. The topological polar surface area (TPSA) is 122 Å². The van der Waals surface area contributed by atoms with Crippen LogP contribution in [-0.2, 0) is 4.79 Å². The van der Waals surface area contributed by atoms with Crippen LogP contribution in [0.3, 0.4) is 0 Å². The van der Waals surface area contributed by atoms with Gasteiger partial charge in [0.05, 0.1) is 4.92 Å². The number of nitro groups is 1. The molecule has 122 valence electrons.